The van der Waals surface area contributed by atoms with E-state index in [4.69, 9.17) is 15.6 Å². The summed E-state index contributed by atoms with van der Waals surface area (Å²) in [4.78, 5) is 44.8. The van der Waals surface area contributed by atoms with Crippen molar-refractivity contribution in [2.45, 2.75) is 45.7 Å². The molecule has 208 valence electrons. The van der Waals surface area contributed by atoms with E-state index in [9.17, 15) is 9.59 Å². The molecule has 2 heterocycles. The van der Waals surface area contributed by atoms with Crippen LogP contribution in [0.2, 0.25) is 0 Å². The number of hydrogen-bond donors (Lipinski definition) is 1. The molecule has 0 saturated heterocycles. The van der Waals surface area contributed by atoms with Crippen LogP contribution in [0.3, 0.4) is 0 Å². The van der Waals surface area contributed by atoms with Gasteiger partial charge in [-0.15, -0.1) is 0 Å². The van der Waals surface area contributed by atoms with E-state index >= 15 is 0 Å². The molecule has 4 rings (SSSR count). The zero-order valence-corrected chi connectivity index (χ0v) is 23.3. The number of hydrogen-bond acceptors (Lipinski definition) is 7. The molecule has 1 aliphatic rings. The minimum absolute atomic E-state index is 0.143. The Morgan fingerprint density at radius 1 is 1.12 bits per heavy atom. The van der Waals surface area contributed by atoms with Crippen LogP contribution in [0.15, 0.2) is 88.3 Å². The van der Waals surface area contributed by atoms with Crippen LogP contribution in [-0.2, 0) is 16.2 Å². The van der Waals surface area contributed by atoms with Crippen LogP contribution in [0, 0.1) is 0 Å². The number of fused-ring (bicyclic) bond motifs is 1. The van der Waals surface area contributed by atoms with Crippen molar-refractivity contribution in [3.8, 4) is 0 Å². The van der Waals surface area contributed by atoms with E-state index in [-0.39, 0.29) is 11.8 Å². The molecule has 9 nitrogen and oxygen atoms in total. The number of likely N-dealkylation sites (N-methyl/N-ethyl adjacent to an activating group) is 1. The molecule has 3 aromatic rings. The van der Waals surface area contributed by atoms with Gasteiger partial charge in [-0.1, -0.05) is 66.7 Å². The van der Waals surface area contributed by atoms with Crippen LogP contribution < -0.4 is 5.73 Å². The lowest BCUT2D eigenvalue weighted by Gasteiger charge is -2.36. The molecule has 1 aliphatic heterocycles. The Morgan fingerprint density at radius 3 is 2.60 bits per heavy atom. The summed E-state index contributed by atoms with van der Waals surface area (Å²) in [5, 5.41) is 5.03. The molecule has 40 heavy (non-hydrogen) atoms. The molecule has 1 amide bonds. The van der Waals surface area contributed by atoms with Crippen LogP contribution in [0.1, 0.15) is 49.2 Å². The largest absolute Gasteiger partial charge is 0.357 e. The predicted octanol–water partition coefficient (Wildman–Crippen LogP) is 4.54. The second-order valence-corrected chi connectivity index (χ2v) is 9.81. The minimum atomic E-state index is -0.447. The van der Waals surface area contributed by atoms with Crippen molar-refractivity contribution in [2.24, 2.45) is 15.9 Å². The van der Waals surface area contributed by atoms with Gasteiger partial charge in [0.25, 0.3) is 11.8 Å². The van der Waals surface area contributed by atoms with Crippen LogP contribution >= 0.6 is 0 Å². The Morgan fingerprint density at radius 2 is 1.88 bits per heavy atom. The number of allylic oxidation sites excluding steroid dienone is 1. The smallest absolute Gasteiger partial charge is 0.273 e. The van der Waals surface area contributed by atoms with Gasteiger partial charge in [-0.3, -0.25) is 9.59 Å². The fourth-order valence-corrected chi connectivity index (χ4v) is 4.74. The Bertz CT molecular complexity index is 1430. The lowest BCUT2D eigenvalue weighted by Crippen LogP contribution is -2.50. The quantitative estimate of drug-likeness (QED) is 0.217. The van der Waals surface area contributed by atoms with Crippen molar-refractivity contribution in [3.05, 3.63) is 89.4 Å². The highest BCUT2D eigenvalue weighted by molar-refractivity contribution is 5.99. The first-order valence-corrected chi connectivity index (χ1v) is 13.5. The van der Waals surface area contributed by atoms with Crippen molar-refractivity contribution in [3.63, 3.8) is 0 Å². The number of carbonyl (C=O) groups is 2. The van der Waals surface area contributed by atoms with E-state index in [2.05, 4.69) is 10.1 Å². The fourth-order valence-electron chi connectivity index (χ4n) is 4.74. The van der Waals surface area contributed by atoms with E-state index < -0.39 is 6.04 Å². The number of para-hydroxylation sites is 1. The Balaban J connectivity index is 1.78. The Hall–Kier alpha value is -4.37. The number of benzene rings is 2. The third-order valence-electron chi connectivity index (χ3n) is 6.76. The highest BCUT2D eigenvalue weighted by Crippen LogP contribution is 2.22. The van der Waals surface area contributed by atoms with Gasteiger partial charge in [0.2, 0.25) is 0 Å². The number of pyridine rings is 1. The maximum Gasteiger partial charge on any atom is 0.273 e. The van der Waals surface area contributed by atoms with Crippen LogP contribution in [-0.4, -0.2) is 64.7 Å². The van der Waals surface area contributed by atoms with E-state index in [0.717, 1.165) is 22.8 Å². The summed E-state index contributed by atoms with van der Waals surface area (Å²) in [7, 11) is 1.92. The first-order chi connectivity index (χ1) is 19.4. The molecule has 0 spiro atoms. The van der Waals surface area contributed by atoms with Crippen molar-refractivity contribution >= 4 is 34.6 Å². The summed E-state index contributed by atoms with van der Waals surface area (Å²) in [5.74, 6) is 0.514. The summed E-state index contributed by atoms with van der Waals surface area (Å²) in [6.07, 6.45) is 2.27. The maximum atomic E-state index is 14.1. The second-order valence-electron chi connectivity index (χ2n) is 9.81. The van der Waals surface area contributed by atoms with Crippen molar-refractivity contribution < 1.29 is 14.4 Å². The number of aldehydes is 1. The lowest BCUT2D eigenvalue weighted by molar-refractivity contribution is -0.105. The zero-order chi connectivity index (χ0) is 28.5. The molecule has 0 radical (unpaired) electrons. The minimum Gasteiger partial charge on any atom is -0.357 e. The summed E-state index contributed by atoms with van der Waals surface area (Å²) < 4.78 is 0. The number of nitrogens with zero attached hydrogens (tertiary/aromatic N) is 5. The van der Waals surface area contributed by atoms with Gasteiger partial charge in [0, 0.05) is 31.9 Å². The standard InChI is InChI=1S/C31H36N6O3/c1-4-28(37(18-10-17-32)31(39)27-16-15-24-13-8-9-14-26(24)33-27)29(36(3)20-23-11-6-5-7-12-23)34-30-25(21-38)19-22(2)35-40-30/h5-9,11-16,21,28H,4,10,17-20,32H2,1-3H3/b34-29-. The average Bonchev–Trinajstić information content (AvgIpc) is 2.98. The molecule has 1 atom stereocenters. The highest BCUT2D eigenvalue weighted by Gasteiger charge is 2.31. The number of amidine groups is 1. The van der Waals surface area contributed by atoms with Gasteiger partial charge < -0.3 is 20.4 Å². The Labute approximate surface area is 235 Å². The van der Waals surface area contributed by atoms with Gasteiger partial charge in [-0.25, -0.2) is 4.98 Å². The van der Waals surface area contributed by atoms with Gasteiger partial charge >= 0.3 is 0 Å². The summed E-state index contributed by atoms with van der Waals surface area (Å²) in [6, 6.07) is 20.9. The molecular formula is C31H36N6O3. The summed E-state index contributed by atoms with van der Waals surface area (Å²) >= 11 is 0. The fraction of sp³-hybridized carbons (Fsp3) is 0.323. The molecule has 2 N–H and O–H groups in total. The van der Waals surface area contributed by atoms with Crippen molar-refractivity contribution in [2.75, 3.05) is 20.1 Å². The highest BCUT2D eigenvalue weighted by atomic mass is 16.6. The Kier molecular flexibility index (Phi) is 9.75. The van der Waals surface area contributed by atoms with Gasteiger partial charge in [-0.05, 0) is 44.0 Å². The molecular weight excluding hydrogens is 504 g/mol. The topological polar surface area (TPSA) is 113 Å². The monoisotopic (exact) mass is 540 g/mol. The predicted molar refractivity (Wildman–Crippen MR) is 158 cm³/mol. The molecule has 0 saturated carbocycles. The number of amides is 1. The molecule has 0 fully saturated rings. The second kappa shape index (κ2) is 13.6. The molecule has 2 aromatic carbocycles. The lowest BCUT2D eigenvalue weighted by atomic mass is 10.1. The van der Waals surface area contributed by atoms with Gasteiger partial charge in [0.15, 0.2) is 6.29 Å². The van der Waals surface area contributed by atoms with Gasteiger partial charge in [0.05, 0.1) is 22.8 Å². The van der Waals surface area contributed by atoms with E-state index in [1.807, 2.05) is 79.5 Å². The number of aromatic nitrogens is 1. The number of rotatable bonds is 11. The van der Waals surface area contributed by atoms with Crippen LogP contribution in [0.25, 0.3) is 10.9 Å². The first-order valence-electron chi connectivity index (χ1n) is 13.5. The zero-order valence-electron chi connectivity index (χ0n) is 23.3. The number of oxime groups is 1. The first kappa shape index (κ1) is 28.6. The molecule has 0 bridgehead atoms. The number of aliphatic imine (C=N–C) groups is 1. The third kappa shape index (κ3) is 6.79. The van der Waals surface area contributed by atoms with Crippen LogP contribution in [0.5, 0.6) is 0 Å². The van der Waals surface area contributed by atoms with E-state index in [1.54, 1.807) is 17.9 Å². The molecule has 1 aromatic heterocycles. The molecule has 9 heteroatoms. The van der Waals surface area contributed by atoms with E-state index in [0.29, 0.717) is 61.7 Å². The molecule has 0 aliphatic carbocycles. The van der Waals surface area contributed by atoms with Crippen molar-refractivity contribution in [1.29, 1.82) is 0 Å². The summed E-state index contributed by atoms with van der Waals surface area (Å²) in [6.45, 7) is 5.18. The maximum absolute atomic E-state index is 14.1. The van der Waals surface area contributed by atoms with Crippen molar-refractivity contribution in [1.82, 2.24) is 14.8 Å². The van der Waals surface area contributed by atoms with Gasteiger partial charge in [0.1, 0.15) is 11.5 Å². The normalized spacial score (nSPS) is 14.4. The van der Waals surface area contributed by atoms with Crippen LogP contribution in [0.4, 0.5) is 0 Å². The third-order valence-corrected chi connectivity index (χ3v) is 6.76. The van der Waals surface area contributed by atoms with E-state index in [1.165, 1.54) is 0 Å². The molecule has 1 unspecified atom stereocenters. The number of carbonyl (C=O) groups excluding carboxylic acids is 2. The van der Waals surface area contributed by atoms with Gasteiger partial charge in [-0.2, -0.15) is 4.99 Å². The number of nitrogens with two attached hydrogens (primary N) is 1. The SMILES string of the molecule is CCC(/C(=N/C1=C(C=O)CC(C)=NO1)N(C)Cc1ccccc1)N(CCCN)C(=O)c1ccc2ccccc2n1. The average molecular weight is 541 g/mol. The summed E-state index contributed by atoms with van der Waals surface area (Å²) in [5.41, 5.74) is 9.16.